The second-order valence-electron chi connectivity index (χ2n) is 4.47. The molecule has 0 aliphatic carbocycles. The highest BCUT2D eigenvalue weighted by Crippen LogP contribution is 2.07. The third-order valence-corrected chi connectivity index (χ3v) is 3.05. The first kappa shape index (κ1) is 13.5. The Balaban J connectivity index is 2.93. The summed E-state index contributed by atoms with van der Waals surface area (Å²) in [6.07, 6.45) is 4.52. The number of nitrogens with zero attached hydrogens (tertiary/aromatic N) is 2. The molecule has 3 heteroatoms. The van der Waals surface area contributed by atoms with Gasteiger partial charge in [0, 0.05) is 12.2 Å². The van der Waals surface area contributed by atoms with Crippen molar-refractivity contribution in [1.82, 2.24) is 4.57 Å². The summed E-state index contributed by atoms with van der Waals surface area (Å²) >= 11 is 0. The molecule has 0 aliphatic heterocycles. The summed E-state index contributed by atoms with van der Waals surface area (Å²) < 4.78 is 1.72. The van der Waals surface area contributed by atoms with Gasteiger partial charge in [0.15, 0.2) is 0 Å². The fourth-order valence-corrected chi connectivity index (χ4v) is 2.04. The molecular weight excluding hydrogens is 212 g/mol. The number of aryl methyl sites for hydroxylation is 2. The smallest absolute Gasteiger partial charge is 0.268 e. The first-order valence-electron chi connectivity index (χ1n) is 6.23. The summed E-state index contributed by atoms with van der Waals surface area (Å²) in [5.74, 6) is 0. The van der Waals surface area contributed by atoms with Crippen molar-refractivity contribution < 1.29 is 0 Å². The highest BCUT2D eigenvalue weighted by Gasteiger charge is 2.09. The van der Waals surface area contributed by atoms with E-state index in [4.69, 9.17) is 5.26 Å². The zero-order valence-corrected chi connectivity index (χ0v) is 10.9. The maximum atomic E-state index is 12.0. The average molecular weight is 232 g/mol. The molecule has 0 bridgehead atoms. The van der Waals surface area contributed by atoms with Gasteiger partial charge in [-0.3, -0.25) is 4.79 Å². The van der Waals surface area contributed by atoms with E-state index in [0.29, 0.717) is 0 Å². The SMILES string of the molecule is CCCCCCn1c(C)cc(C)c(C#N)c1=O. The highest BCUT2D eigenvalue weighted by atomic mass is 16.1. The molecule has 0 saturated heterocycles. The minimum Gasteiger partial charge on any atom is -0.312 e. The lowest BCUT2D eigenvalue weighted by molar-refractivity contribution is 0.560. The Hall–Kier alpha value is -1.56. The summed E-state index contributed by atoms with van der Waals surface area (Å²) in [5, 5.41) is 8.96. The van der Waals surface area contributed by atoms with Crippen molar-refractivity contribution in [2.24, 2.45) is 0 Å². The predicted octanol–water partition coefficient (Wildman–Crippen LogP) is 2.92. The number of hydrogen-bond acceptors (Lipinski definition) is 2. The van der Waals surface area contributed by atoms with E-state index in [1.807, 2.05) is 26.0 Å². The molecule has 1 rings (SSSR count). The third-order valence-electron chi connectivity index (χ3n) is 3.05. The van der Waals surface area contributed by atoms with Crippen LogP contribution < -0.4 is 5.56 Å². The van der Waals surface area contributed by atoms with Crippen LogP contribution in [0.1, 0.15) is 49.4 Å². The molecule has 0 saturated carbocycles. The number of unbranched alkanes of at least 4 members (excludes halogenated alkanes) is 3. The van der Waals surface area contributed by atoms with Crippen LogP contribution in [0.2, 0.25) is 0 Å². The summed E-state index contributed by atoms with van der Waals surface area (Å²) in [5.41, 5.74) is 1.87. The Labute approximate surface area is 103 Å². The molecule has 0 amide bonds. The molecule has 0 radical (unpaired) electrons. The lowest BCUT2D eigenvalue weighted by Gasteiger charge is -2.11. The van der Waals surface area contributed by atoms with Gasteiger partial charge in [0.2, 0.25) is 0 Å². The Bertz CT molecular complexity index is 480. The topological polar surface area (TPSA) is 45.8 Å². The second kappa shape index (κ2) is 6.24. The van der Waals surface area contributed by atoms with Crippen LogP contribution >= 0.6 is 0 Å². The van der Waals surface area contributed by atoms with Gasteiger partial charge < -0.3 is 4.57 Å². The van der Waals surface area contributed by atoms with Crippen molar-refractivity contribution >= 4 is 0 Å². The number of aromatic nitrogens is 1. The summed E-state index contributed by atoms with van der Waals surface area (Å²) in [7, 11) is 0. The van der Waals surface area contributed by atoms with Crippen molar-refractivity contribution in [3.05, 3.63) is 33.2 Å². The zero-order valence-electron chi connectivity index (χ0n) is 10.9. The third kappa shape index (κ3) is 3.20. The molecule has 92 valence electrons. The van der Waals surface area contributed by atoms with Crippen LogP contribution in [0.3, 0.4) is 0 Å². The van der Waals surface area contributed by atoms with E-state index >= 15 is 0 Å². The first-order chi connectivity index (χ1) is 8.11. The van der Waals surface area contributed by atoms with Gasteiger partial charge in [-0.15, -0.1) is 0 Å². The van der Waals surface area contributed by atoms with Crippen molar-refractivity contribution in [2.75, 3.05) is 0 Å². The summed E-state index contributed by atoms with van der Waals surface area (Å²) in [4.78, 5) is 12.0. The van der Waals surface area contributed by atoms with Gasteiger partial charge in [0.25, 0.3) is 5.56 Å². The number of hydrogen-bond donors (Lipinski definition) is 0. The molecule has 1 heterocycles. The zero-order chi connectivity index (χ0) is 12.8. The number of pyridine rings is 1. The van der Waals surface area contributed by atoms with Crippen molar-refractivity contribution in [3.8, 4) is 6.07 Å². The average Bonchev–Trinajstić information content (AvgIpc) is 2.28. The normalized spacial score (nSPS) is 10.2. The molecule has 0 unspecified atom stereocenters. The van der Waals surface area contributed by atoms with Crippen LogP contribution in [-0.2, 0) is 6.54 Å². The summed E-state index contributed by atoms with van der Waals surface area (Å²) in [6, 6.07) is 3.92. The van der Waals surface area contributed by atoms with Crippen molar-refractivity contribution in [1.29, 1.82) is 5.26 Å². The van der Waals surface area contributed by atoms with Crippen molar-refractivity contribution in [3.63, 3.8) is 0 Å². The van der Waals surface area contributed by atoms with E-state index < -0.39 is 0 Å². The Morgan fingerprint density at radius 2 is 2.00 bits per heavy atom. The lowest BCUT2D eigenvalue weighted by atomic mass is 10.1. The molecule has 17 heavy (non-hydrogen) atoms. The molecule has 0 aliphatic rings. The van der Waals surface area contributed by atoms with Gasteiger partial charge in [-0.25, -0.2) is 0 Å². The molecule has 0 N–H and O–H groups in total. The van der Waals surface area contributed by atoms with Crippen LogP contribution in [0.5, 0.6) is 0 Å². The van der Waals surface area contributed by atoms with E-state index in [9.17, 15) is 4.79 Å². The number of rotatable bonds is 5. The maximum Gasteiger partial charge on any atom is 0.268 e. The van der Waals surface area contributed by atoms with E-state index in [2.05, 4.69) is 6.92 Å². The van der Waals surface area contributed by atoms with Crippen LogP contribution in [0, 0.1) is 25.2 Å². The molecule has 0 aromatic carbocycles. The van der Waals surface area contributed by atoms with Gasteiger partial charge in [-0.1, -0.05) is 26.2 Å². The van der Waals surface area contributed by atoms with Gasteiger partial charge in [-0.2, -0.15) is 5.26 Å². The maximum absolute atomic E-state index is 12.0. The summed E-state index contributed by atoms with van der Waals surface area (Å²) in [6.45, 7) is 6.63. The van der Waals surface area contributed by atoms with E-state index in [1.165, 1.54) is 12.8 Å². The van der Waals surface area contributed by atoms with Gasteiger partial charge in [0.1, 0.15) is 11.6 Å². The molecule has 0 atom stereocenters. The molecule has 1 aromatic heterocycles. The second-order valence-corrected chi connectivity index (χ2v) is 4.47. The first-order valence-corrected chi connectivity index (χ1v) is 6.23. The Kier molecular flexibility index (Phi) is 4.96. The highest BCUT2D eigenvalue weighted by molar-refractivity contribution is 5.36. The van der Waals surface area contributed by atoms with Crippen LogP contribution in [-0.4, -0.2) is 4.57 Å². The molecule has 3 nitrogen and oxygen atoms in total. The monoisotopic (exact) mass is 232 g/mol. The molecule has 0 fully saturated rings. The standard InChI is InChI=1S/C14H20N2O/c1-4-5-6-7-8-16-12(3)9-11(2)13(10-15)14(16)17/h9H,4-8H2,1-3H3. The van der Waals surface area contributed by atoms with Crippen LogP contribution in [0.4, 0.5) is 0 Å². The molecular formula is C14H20N2O. The Morgan fingerprint density at radius 3 is 2.59 bits per heavy atom. The van der Waals surface area contributed by atoms with E-state index in [0.717, 1.165) is 30.6 Å². The molecule has 0 spiro atoms. The molecule has 1 aromatic rings. The predicted molar refractivity (Wildman–Crippen MR) is 69.0 cm³/mol. The van der Waals surface area contributed by atoms with Gasteiger partial charge in [0.05, 0.1) is 0 Å². The fraction of sp³-hybridized carbons (Fsp3) is 0.571. The van der Waals surface area contributed by atoms with Gasteiger partial charge in [-0.05, 0) is 31.9 Å². The minimum absolute atomic E-state index is 0.138. The van der Waals surface area contributed by atoms with Crippen molar-refractivity contribution in [2.45, 2.75) is 53.0 Å². The quantitative estimate of drug-likeness (QED) is 0.733. The van der Waals surface area contributed by atoms with E-state index in [1.54, 1.807) is 4.57 Å². The van der Waals surface area contributed by atoms with Gasteiger partial charge >= 0.3 is 0 Å². The number of nitriles is 1. The largest absolute Gasteiger partial charge is 0.312 e. The van der Waals surface area contributed by atoms with Crippen LogP contribution in [0.25, 0.3) is 0 Å². The minimum atomic E-state index is -0.138. The lowest BCUT2D eigenvalue weighted by Crippen LogP contribution is -2.25. The fourth-order valence-electron chi connectivity index (χ4n) is 2.04. The van der Waals surface area contributed by atoms with Crippen LogP contribution in [0.15, 0.2) is 10.9 Å². The van der Waals surface area contributed by atoms with E-state index in [-0.39, 0.29) is 11.1 Å². The Morgan fingerprint density at radius 1 is 1.29 bits per heavy atom.